The van der Waals surface area contributed by atoms with Gasteiger partial charge in [0, 0.05) is 51.4 Å². The summed E-state index contributed by atoms with van der Waals surface area (Å²) in [5.74, 6) is -0.0810. The lowest BCUT2D eigenvalue weighted by atomic mass is 10.2. The van der Waals surface area contributed by atoms with Crippen LogP contribution in [0.4, 0.5) is 5.69 Å². The summed E-state index contributed by atoms with van der Waals surface area (Å²) in [6, 6.07) is 10.5. The zero-order valence-corrected chi connectivity index (χ0v) is 22.7. The minimum Gasteiger partial charge on any atom is -0.395 e. The topological polar surface area (TPSA) is 153 Å². The molecular weight excluding hydrogens is 522 g/mol. The minimum absolute atomic E-state index is 0.0473. The van der Waals surface area contributed by atoms with Crippen LogP contribution < -0.4 is 15.8 Å². The van der Waals surface area contributed by atoms with Gasteiger partial charge in [0.05, 0.1) is 22.4 Å². The van der Waals surface area contributed by atoms with Crippen LogP contribution in [0.5, 0.6) is 0 Å². The van der Waals surface area contributed by atoms with Crippen molar-refractivity contribution in [2.75, 3.05) is 50.8 Å². The van der Waals surface area contributed by atoms with E-state index in [4.69, 9.17) is 5.11 Å². The number of aliphatic hydroxyl groups excluding tert-OH is 1. The fourth-order valence-electron chi connectivity index (χ4n) is 4.95. The van der Waals surface area contributed by atoms with E-state index >= 15 is 0 Å². The van der Waals surface area contributed by atoms with Crippen molar-refractivity contribution < 1.29 is 18.3 Å². The average Bonchev–Trinajstić information content (AvgIpc) is 3.35. The summed E-state index contributed by atoms with van der Waals surface area (Å²) in [6.45, 7) is 7.40. The highest BCUT2D eigenvalue weighted by Crippen LogP contribution is 2.27. The summed E-state index contributed by atoms with van der Waals surface area (Å²) >= 11 is 0. The number of sulfone groups is 1. The number of carbonyl (C=O) groups is 1. The van der Waals surface area contributed by atoms with Crippen molar-refractivity contribution in [3.8, 4) is 0 Å². The van der Waals surface area contributed by atoms with Crippen molar-refractivity contribution in [1.82, 2.24) is 30.0 Å². The van der Waals surface area contributed by atoms with Crippen molar-refractivity contribution in [3.05, 3.63) is 57.9 Å². The van der Waals surface area contributed by atoms with Gasteiger partial charge < -0.3 is 15.3 Å². The second-order valence-electron chi connectivity index (χ2n) is 9.72. The van der Waals surface area contributed by atoms with Crippen LogP contribution in [0.2, 0.25) is 0 Å². The molecule has 206 valence electrons. The first kappa shape index (κ1) is 26.8. The van der Waals surface area contributed by atoms with Crippen LogP contribution in [0.25, 0.3) is 16.6 Å². The molecule has 1 saturated heterocycles. The maximum absolute atomic E-state index is 13.5. The van der Waals surface area contributed by atoms with Crippen LogP contribution in [0.3, 0.4) is 0 Å². The van der Waals surface area contributed by atoms with Gasteiger partial charge >= 0.3 is 0 Å². The van der Waals surface area contributed by atoms with E-state index in [-0.39, 0.29) is 34.6 Å². The SMILES string of the molecule is Cc1ccc(S(=O)(=O)c2n[nH]n3c2nc(=O)c2ccc(N4CCN(CCC(=O)NCCO)CC4)cc23)c(C)c1. The number of fused-ring (bicyclic) bond motifs is 3. The van der Waals surface area contributed by atoms with Crippen LogP contribution in [0, 0.1) is 13.8 Å². The molecule has 3 N–H and O–H groups in total. The molecule has 1 fully saturated rings. The fourth-order valence-corrected chi connectivity index (χ4v) is 6.43. The highest BCUT2D eigenvalue weighted by molar-refractivity contribution is 7.91. The third-order valence-electron chi connectivity index (χ3n) is 7.02. The molecule has 0 atom stereocenters. The zero-order valence-electron chi connectivity index (χ0n) is 21.8. The number of rotatable bonds is 8. The number of nitrogens with zero attached hydrogens (tertiary/aromatic N) is 5. The number of aromatic amines is 1. The zero-order chi connectivity index (χ0) is 27.7. The lowest BCUT2D eigenvalue weighted by Crippen LogP contribution is -2.47. The molecule has 1 aliphatic heterocycles. The second kappa shape index (κ2) is 10.8. The van der Waals surface area contributed by atoms with Crippen LogP contribution in [0.1, 0.15) is 17.5 Å². The van der Waals surface area contributed by atoms with Gasteiger partial charge in [-0.25, -0.2) is 18.1 Å². The Bertz CT molecular complexity index is 1710. The normalized spacial score (nSPS) is 14.8. The molecule has 1 aliphatic rings. The largest absolute Gasteiger partial charge is 0.395 e. The monoisotopic (exact) mass is 553 g/mol. The molecule has 0 spiro atoms. The molecule has 13 heteroatoms. The van der Waals surface area contributed by atoms with Crippen LogP contribution in [-0.4, -0.2) is 90.0 Å². The summed E-state index contributed by atoms with van der Waals surface area (Å²) in [5, 5.41) is 18.4. The summed E-state index contributed by atoms with van der Waals surface area (Å²) in [6.07, 6.45) is 0.372. The summed E-state index contributed by atoms with van der Waals surface area (Å²) in [4.78, 5) is 33.3. The van der Waals surface area contributed by atoms with Gasteiger partial charge in [0.2, 0.25) is 20.8 Å². The number of benzene rings is 2. The predicted octanol–water partition coefficient (Wildman–Crippen LogP) is 0.641. The number of aryl methyl sites for hydroxylation is 2. The molecule has 12 nitrogen and oxygen atoms in total. The Morgan fingerprint density at radius 2 is 1.87 bits per heavy atom. The number of piperazine rings is 1. The van der Waals surface area contributed by atoms with Gasteiger partial charge in [0.1, 0.15) is 0 Å². The molecule has 0 unspecified atom stereocenters. The Morgan fingerprint density at radius 1 is 1.10 bits per heavy atom. The van der Waals surface area contributed by atoms with Crippen molar-refractivity contribution in [2.24, 2.45) is 0 Å². The molecule has 5 rings (SSSR count). The first-order valence-corrected chi connectivity index (χ1v) is 14.3. The lowest BCUT2D eigenvalue weighted by molar-refractivity contribution is -0.121. The molecule has 0 aliphatic carbocycles. The molecule has 2 aromatic carbocycles. The Kier molecular flexibility index (Phi) is 7.38. The predicted molar refractivity (Wildman–Crippen MR) is 146 cm³/mol. The Balaban J connectivity index is 1.41. The highest BCUT2D eigenvalue weighted by Gasteiger charge is 2.28. The van der Waals surface area contributed by atoms with Crippen molar-refractivity contribution in [3.63, 3.8) is 0 Å². The maximum atomic E-state index is 13.5. The van der Waals surface area contributed by atoms with Gasteiger partial charge in [0.15, 0.2) is 5.65 Å². The van der Waals surface area contributed by atoms with Gasteiger partial charge in [-0.3, -0.25) is 14.5 Å². The van der Waals surface area contributed by atoms with Crippen molar-refractivity contribution >= 4 is 38.0 Å². The van der Waals surface area contributed by atoms with Gasteiger partial charge in [-0.15, -0.1) is 5.10 Å². The standard InChI is InChI=1S/C26H31N7O5S/c1-17-3-6-22(18(2)15-17)39(37,38)26-24-28-25(36)20-5-4-19(16-21(20)33(24)30-29-26)32-12-10-31(11-13-32)9-7-23(35)27-8-14-34/h3-6,15-16,30,34H,7-14H2,1-2H3,(H,27,35). The number of hydrogen-bond donors (Lipinski definition) is 3. The van der Waals surface area contributed by atoms with Gasteiger partial charge in [0.25, 0.3) is 5.56 Å². The number of nitrogens with one attached hydrogen (secondary N) is 2. The van der Waals surface area contributed by atoms with Gasteiger partial charge in [-0.1, -0.05) is 17.7 Å². The summed E-state index contributed by atoms with van der Waals surface area (Å²) in [5.41, 5.74) is 2.33. The summed E-state index contributed by atoms with van der Waals surface area (Å²) < 4.78 is 28.4. The molecule has 0 saturated carbocycles. The van der Waals surface area contributed by atoms with Crippen LogP contribution >= 0.6 is 0 Å². The van der Waals surface area contributed by atoms with Crippen molar-refractivity contribution in [2.45, 2.75) is 30.2 Å². The number of aromatic nitrogens is 4. The Labute approximate surface area is 225 Å². The Hall–Kier alpha value is -3.81. The van der Waals surface area contributed by atoms with E-state index in [0.717, 1.165) is 37.4 Å². The number of aliphatic hydroxyl groups is 1. The summed E-state index contributed by atoms with van der Waals surface area (Å²) in [7, 11) is -4.03. The van der Waals surface area contributed by atoms with Gasteiger partial charge in [-0.05, 0) is 43.7 Å². The quantitative estimate of drug-likeness (QED) is 0.285. The van der Waals surface area contributed by atoms with E-state index in [1.54, 1.807) is 31.2 Å². The molecule has 3 heterocycles. The minimum atomic E-state index is -4.03. The van der Waals surface area contributed by atoms with E-state index in [9.17, 15) is 18.0 Å². The smallest absolute Gasteiger partial charge is 0.281 e. The molecule has 0 radical (unpaired) electrons. The van der Waals surface area contributed by atoms with E-state index < -0.39 is 15.4 Å². The highest BCUT2D eigenvalue weighted by atomic mass is 32.2. The lowest BCUT2D eigenvalue weighted by Gasteiger charge is -2.36. The van der Waals surface area contributed by atoms with Crippen LogP contribution in [0.15, 0.2) is 51.1 Å². The third kappa shape index (κ3) is 5.24. The first-order valence-electron chi connectivity index (χ1n) is 12.8. The van der Waals surface area contributed by atoms with Crippen molar-refractivity contribution in [1.29, 1.82) is 0 Å². The number of anilines is 1. The number of amides is 1. The molecule has 2 aromatic heterocycles. The molecule has 0 bridgehead atoms. The number of hydrogen-bond acceptors (Lipinski definition) is 9. The van der Waals surface area contributed by atoms with E-state index in [0.29, 0.717) is 29.4 Å². The number of carbonyl (C=O) groups excluding carboxylic acids is 1. The fraction of sp³-hybridized carbons (Fsp3) is 0.385. The molecule has 4 aromatic rings. The Morgan fingerprint density at radius 3 is 2.59 bits per heavy atom. The van der Waals surface area contributed by atoms with Gasteiger partial charge in [-0.2, -0.15) is 4.98 Å². The third-order valence-corrected chi connectivity index (χ3v) is 8.84. The molecular formula is C26H31N7O5S. The second-order valence-corrected chi connectivity index (χ2v) is 11.6. The first-order chi connectivity index (χ1) is 18.7. The average molecular weight is 554 g/mol. The number of H-pyrrole nitrogens is 1. The van der Waals surface area contributed by atoms with E-state index in [1.807, 2.05) is 19.1 Å². The maximum Gasteiger partial charge on any atom is 0.281 e. The molecule has 1 amide bonds. The van der Waals surface area contributed by atoms with E-state index in [1.165, 1.54) is 4.52 Å². The van der Waals surface area contributed by atoms with Crippen LogP contribution in [-0.2, 0) is 14.6 Å². The molecule has 39 heavy (non-hydrogen) atoms. The van der Waals surface area contributed by atoms with E-state index in [2.05, 4.69) is 30.4 Å².